The Hall–Kier alpha value is -1.46. The van der Waals surface area contributed by atoms with E-state index in [1.807, 2.05) is 26.0 Å². The first kappa shape index (κ1) is 14.9. The Labute approximate surface area is 124 Å². The lowest BCUT2D eigenvalue weighted by Crippen LogP contribution is -2.35. The second-order valence-corrected chi connectivity index (χ2v) is 6.23. The number of pyridine rings is 1. The summed E-state index contributed by atoms with van der Waals surface area (Å²) in [6.07, 6.45) is 0. The molecule has 0 aliphatic rings. The molecule has 0 atom stereocenters. The zero-order chi connectivity index (χ0) is 14.9. The van der Waals surface area contributed by atoms with Gasteiger partial charge in [0.25, 0.3) is 0 Å². The zero-order valence-corrected chi connectivity index (χ0v) is 13.3. The second-order valence-electron chi connectivity index (χ2n) is 5.82. The van der Waals surface area contributed by atoms with Crippen LogP contribution >= 0.6 is 11.6 Å². The van der Waals surface area contributed by atoms with Crippen LogP contribution in [0.15, 0.2) is 12.1 Å². The quantitative estimate of drug-likeness (QED) is 0.945. The van der Waals surface area contributed by atoms with E-state index < -0.39 is 0 Å². The van der Waals surface area contributed by atoms with Crippen LogP contribution in [0.4, 0.5) is 0 Å². The van der Waals surface area contributed by atoms with Crippen molar-refractivity contribution in [1.29, 1.82) is 0 Å². The van der Waals surface area contributed by atoms with Gasteiger partial charge in [-0.15, -0.1) is 5.10 Å². The lowest BCUT2D eigenvalue weighted by atomic mass is 10.1. The highest BCUT2D eigenvalue weighted by Gasteiger charge is 2.13. The smallest absolute Gasteiger partial charge is 0.155 e. The van der Waals surface area contributed by atoms with Crippen LogP contribution in [0, 0.1) is 13.8 Å². The van der Waals surface area contributed by atoms with E-state index in [0.29, 0.717) is 11.6 Å². The number of halogens is 1. The second kappa shape index (κ2) is 5.50. The Morgan fingerprint density at radius 1 is 1.20 bits per heavy atom. The van der Waals surface area contributed by atoms with Crippen molar-refractivity contribution in [2.45, 2.75) is 46.7 Å². The molecule has 2 rings (SSSR count). The molecule has 0 spiro atoms. The first-order chi connectivity index (χ1) is 9.26. The minimum atomic E-state index is 0.0147. The van der Waals surface area contributed by atoms with Gasteiger partial charge in [-0.25, -0.2) is 9.97 Å². The van der Waals surface area contributed by atoms with Gasteiger partial charge in [0.15, 0.2) is 5.82 Å². The fraction of sp³-hybridized carbons (Fsp3) is 0.500. The molecule has 0 saturated heterocycles. The normalized spacial score (nSPS) is 11.9. The average Bonchev–Trinajstić information content (AvgIpc) is 2.66. The van der Waals surface area contributed by atoms with E-state index >= 15 is 0 Å². The summed E-state index contributed by atoms with van der Waals surface area (Å²) >= 11 is 6.21. The van der Waals surface area contributed by atoms with E-state index in [1.165, 1.54) is 0 Å². The molecule has 2 aromatic heterocycles. The Balaban J connectivity index is 2.31. The summed E-state index contributed by atoms with van der Waals surface area (Å²) in [4.78, 5) is 8.87. The maximum absolute atomic E-state index is 6.21. The van der Waals surface area contributed by atoms with Gasteiger partial charge in [0, 0.05) is 12.1 Å². The summed E-state index contributed by atoms with van der Waals surface area (Å²) in [5.74, 6) is 2.28. The monoisotopic (exact) mass is 293 g/mol. The van der Waals surface area contributed by atoms with Gasteiger partial charge in [-0.2, -0.15) is 4.68 Å². The molecule has 0 fully saturated rings. The van der Waals surface area contributed by atoms with Crippen LogP contribution in [-0.4, -0.2) is 25.3 Å². The van der Waals surface area contributed by atoms with Gasteiger partial charge < -0.3 is 5.32 Å². The first-order valence-electron chi connectivity index (χ1n) is 6.57. The van der Waals surface area contributed by atoms with Crippen molar-refractivity contribution in [3.05, 3.63) is 34.5 Å². The van der Waals surface area contributed by atoms with E-state index in [4.69, 9.17) is 11.6 Å². The number of rotatable bonds is 3. The standard InChI is InChI=1S/C14H20ClN5/c1-9-17-10(2)20(19-9)13-7-6-11(15)12(18-13)8-16-14(3,4)5/h6-7,16H,8H2,1-5H3. The van der Waals surface area contributed by atoms with Crippen LogP contribution < -0.4 is 5.32 Å². The lowest BCUT2D eigenvalue weighted by molar-refractivity contribution is 0.421. The molecule has 1 N–H and O–H groups in total. The lowest BCUT2D eigenvalue weighted by Gasteiger charge is -2.20. The van der Waals surface area contributed by atoms with Crippen molar-refractivity contribution in [2.75, 3.05) is 0 Å². The molecule has 0 aliphatic carbocycles. The molecule has 0 aromatic carbocycles. The largest absolute Gasteiger partial charge is 0.306 e. The molecule has 0 radical (unpaired) electrons. The minimum absolute atomic E-state index is 0.0147. The average molecular weight is 294 g/mol. The highest BCUT2D eigenvalue weighted by molar-refractivity contribution is 6.31. The third-order valence-electron chi connectivity index (χ3n) is 2.78. The van der Waals surface area contributed by atoms with Gasteiger partial charge in [-0.1, -0.05) is 11.6 Å². The van der Waals surface area contributed by atoms with Crippen molar-refractivity contribution in [2.24, 2.45) is 0 Å². The number of hydrogen-bond donors (Lipinski definition) is 1. The van der Waals surface area contributed by atoms with Gasteiger partial charge in [0.1, 0.15) is 11.6 Å². The number of aryl methyl sites for hydroxylation is 2. The van der Waals surface area contributed by atoms with Crippen LogP contribution in [0.25, 0.3) is 5.82 Å². The van der Waals surface area contributed by atoms with E-state index in [9.17, 15) is 0 Å². The minimum Gasteiger partial charge on any atom is -0.306 e. The summed E-state index contributed by atoms with van der Waals surface area (Å²) in [6, 6.07) is 3.70. The van der Waals surface area contributed by atoms with Gasteiger partial charge in [0.05, 0.1) is 10.7 Å². The fourth-order valence-electron chi connectivity index (χ4n) is 1.80. The zero-order valence-electron chi connectivity index (χ0n) is 12.5. The van der Waals surface area contributed by atoms with Crippen LogP contribution in [0.3, 0.4) is 0 Å². The summed E-state index contributed by atoms with van der Waals surface area (Å²) in [7, 11) is 0. The molecule has 20 heavy (non-hydrogen) atoms. The molecule has 0 saturated carbocycles. The van der Waals surface area contributed by atoms with Crippen molar-refractivity contribution in [1.82, 2.24) is 25.1 Å². The van der Waals surface area contributed by atoms with Gasteiger partial charge in [-0.05, 0) is 46.8 Å². The SMILES string of the molecule is Cc1nc(C)n(-c2ccc(Cl)c(CNC(C)(C)C)n2)n1. The van der Waals surface area contributed by atoms with Crippen molar-refractivity contribution >= 4 is 11.6 Å². The molecule has 108 valence electrons. The number of nitrogens with one attached hydrogen (secondary N) is 1. The predicted molar refractivity (Wildman–Crippen MR) is 80.2 cm³/mol. The van der Waals surface area contributed by atoms with E-state index in [-0.39, 0.29) is 5.54 Å². The Morgan fingerprint density at radius 3 is 2.45 bits per heavy atom. The summed E-state index contributed by atoms with van der Waals surface area (Å²) < 4.78 is 1.73. The molecule has 2 heterocycles. The molecule has 0 bridgehead atoms. The van der Waals surface area contributed by atoms with Crippen LogP contribution in [-0.2, 0) is 6.54 Å². The molecule has 0 unspecified atom stereocenters. The number of aromatic nitrogens is 4. The summed E-state index contributed by atoms with van der Waals surface area (Å²) in [6.45, 7) is 10.7. The molecule has 6 heteroatoms. The van der Waals surface area contributed by atoms with Crippen molar-refractivity contribution in [3.8, 4) is 5.82 Å². The van der Waals surface area contributed by atoms with Crippen molar-refractivity contribution in [3.63, 3.8) is 0 Å². The van der Waals surface area contributed by atoms with E-state index in [2.05, 4.69) is 41.2 Å². The van der Waals surface area contributed by atoms with Gasteiger partial charge in [0.2, 0.25) is 0 Å². The molecular formula is C14H20ClN5. The van der Waals surface area contributed by atoms with Crippen LogP contribution in [0.2, 0.25) is 5.02 Å². The van der Waals surface area contributed by atoms with Crippen LogP contribution in [0.5, 0.6) is 0 Å². The number of nitrogens with zero attached hydrogens (tertiary/aromatic N) is 4. The Kier molecular flexibility index (Phi) is 4.11. The maximum Gasteiger partial charge on any atom is 0.155 e. The first-order valence-corrected chi connectivity index (χ1v) is 6.95. The fourth-order valence-corrected chi connectivity index (χ4v) is 1.97. The third kappa shape index (κ3) is 3.55. The predicted octanol–water partition coefficient (Wildman–Crippen LogP) is 2.82. The third-order valence-corrected chi connectivity index (χ3v) is 3.13. The summed E-state index contributed by atoms with van der Waals surface area (Å²) in [5, 5.41) is 8.38. The Bertz CT molecular complexity index is 613. The van der Waals surface area contributed by atoms with E-state index in [1.54, 1.807) is 4.68 Å². The van der Waals surface area contributed by atoms with Gasteiger partial charge >= 0.3 is 0 Å². The van der Waals surface area contributed by atoms with Crippen molar-refractivity contribution < 1.29 is 0 Å². The highest BCUT2D eigenvalue weighted by Crippen LogP contribution is 2.17. The number of hydrogen-bond acceptors (Lipinski definition) is 4. The molecule has 5 nitrogen and oxygen atoms in total. The summed E-state index contributed by atoms with van der Waals surface area (Å²) in [5.41, 5.74) is 0.826. The highest BCUT2D eigenvalue weighted by atomic mass is 35.5. The topological polar surface area (TPSA) is 55.6 Å². The molecular weight excluding hydrogens is 274 g/mol. The molecule has 0 aliphatic heterocycles. The maximum atomic E-state index is 6.21. The molecule has 2 aromatic rings. The Morgan fingerprint density at radius 2 is 1.90 bits per heavy atom. The van der Waals surface area contributed by atoms with E-state index in [0.717, 1.165) is 23.2 Å². The molecule has 0 amide bonds. The van der Waals surface area contributed by atoms with Crippen LogP contribution in [0.1, 0.15) is 38.1 Å². The van der Waals surface area contributed by atoms with Gasteiger partial charge in [-0.3, -0.25) is 0 Å².